The number of unbranched alkanes of at least 4 members (excludes halogenated alkanes) is 10. The van der Waals surface area contributed by atoms with Crippen LogP contribution < -0.4 is 9.42 Å². The number of para-hydroxylation sites is 1. The largest absolute Gasteiger partial charge is 0.682 e. The number of hydrogen-bond acceptors (Lipinski definition) is 4. The van der Waals surface area contributed by atoms with Crippen molar-refractivity contribution < 1.29 is 9.42 Å². The molecule has 0 aliphatic rings. The van der Waals surface area contributed by atoms with E-state index in [1.54, 1.807) is 0 Å². The molecule has 0 spiro atoms. The lowest BCUT2D eigenvalue weighted by Crippen LogP contribution is -2.12. The molecule has 0 heterocycles. The highest BCUT2D eigenvalue weighted by Crippen LogP contribution is 2.48. The molecular formula is C22H37O2PS2-2. The van der Waals surface area contributed by atoms with Gasteiger partial charge in [0.2, 0.25) is 0 Å². The summed E-state index contributed by atoms with van der Waals surface area (Å²) in [5.41, 5.74) is 2.23. The lowest BCUT2D eigenvalue weighted by molar-refractivity contribution is -0.169. The predicted octanol–water partition coefficient (Wildman–Crippen LogP) is 7.00. The van der Waals surface area contributed by atoms with Gasteiger partial charge in [-0.3, -0.25) is 0 Å². The molecule has 0 saturated heterocycles. The van der Waals surface area contributed by atoms with E-state index >= 15 is 0 Å². The quantitative estimate of drug-likeness (QED) is 0.161. The van der Waals surface area contributed by atoms with Crippen LogP contribution in [0.2, 0.25) is 0 Å². The van der Waals surface area contributed by atoms with Gasteiger partial charge in [0.1, 0.15) is 0 Å². The Hall–Kier alpha value is 0.110. The third-order valence-corrected chi connectivity index (χ3v) is 5.83. The minimum Gasteiger partial charge on any atom is -0.682 e. The van der Waals surface area contributed by atoms with Crippen molar-refractivity contribution in [2.24, 2.45) is 0 Å². The SMILES string of the molecule is CCCCCCCCc1cccc(CCCCCCCC)c1O[P+]([O-])([S-])[S-]. The molecule has 156 valence electrons. The van der Waals surface area contributed by atoms with Crippen molar-refractivity contribution in [3.63, 3.8) is 0 Å². The highest BCUT2D eigenvalue weighted by molar-refractivity contribution is 8.69. The van der Waals surface area contributed by atoms with E-state index in [0.717, 1.165) is 36.8 Å². The van der Waals surface area contributed by atoms with Gasteiger partial charge in [-0.1, -0.05) is 96.3 Å². The average molecular weight is 429 g/mol. The topological polar surface area (TPSA) is 32.3 Å². The fourth-order valence-corrected chi connectivity index (χ4v) is 4.36. The lowest BCUT2D eigenvalue weighted by atomic mass is 9.98. The number of benzene rings is 1. The Labute approximate surface area is 178 Å². The first-order valence-electron chi connectivity index (χ1n) is 10.8. The molecule has 1 rings (SSSR count). The van der Waals surface area contributed by atoms with E-state index in [2.05, 4.69) is 32.0 Å². The van der Waals surface area contributed by atoms with Crippen molar-refractivity contribution in [1.82, 2.24) is 0 Å². The van der Waals surface area contributed by atoms with Crippen LogP contribution in [0.4, 0.5) is 0 Å². The Balaban J connectivity index is 2.63. The molecule has 0 aliphatic carbocycles. The van der Waals surface area contributed by atoms with E-state index in [9.17, 15) is 4.89 Å². The minimum atomic E-state index is -3.38. The first-order valence-corrected chi connectivity index (χ1v) is 14.5. The molecular weight excluding hydrogens is 391 g/mol. The van der Waals surface area contributed by atoms with E-state index in [1.807, 2.05) is 0 Å². The molecule has 0 amide bonds. The minimum absolute atomic E-state index is 0.716. The summed E-state index contributed by atoms with van der Waals surface area (Å²) in [7, 11) is 0. The van der Waals surface area contributed by atoms with E-state index in [4.69, 9.17) is 29.0 Å². The second kappa shape index (κ2) is 15.0. The van der Waals surface area contributed by atoms with Gasteiger partial charge in [0.05, 0.1) is 0 Å². The molecule has 0 unspecified atom stereocenters. The van der Waals surface area contributed by atoms with Gasteiger partial charge in [-0.05, 0) is 36.8 Å². The highest BCUT2D eigenvalue weighted by atomic mass is 33.1. The van der Waals surface area contributed by atoms with Gasteiger partial charge in [0.25, 0.3) is 0 Å². The molecule has 0 saturated carbocycles. The fourth-order valence-electron chi connectivity index (χ4n) is 3.45. The summed E-state index contributed by atoms with van der Waals surface area (Å²) in [6.07, 6.45) is 13.5. The monoisotopic (exact) mass is 428 g/mol. The van der Waals surface area contributed by atoms with Crippen LogP contribution >= 0.6 is 6.12 Å². The van der Waals surface area contributed by atoms with Crippen molar-refractivity contribution in [2.45, 2.75) is 104 Å². The molecule has 0 bridgehead atoms. The van der Waals surface area contributed by atoms with Gasteiger partial charge < -0.3 is 33.9 Å². The number of hydrogen-bond donors (Lipinski definition) is 0. The standard InChI is InChI=1S/C22H39O2PS2/c1-3-5-7-9-11-13-16-20-18-15-19-21(22(20)24-25(23,26)27)17-14-12-10-8-6-4-2/h15,18-19H,3-14,16-17H2,1-2H3,(H2,23,26,27)/p-2. The van der Waals surface area contributed by atoms with Crippen molar-refractivity contribution in [2.75, 3.05) is 0 Å². The third kappa shape index (κ3) is 12.3. The normalized spacial score (nSPS) is 11.7. The smallest absolute Gasteiger partial charge is 0.174 e. The predicted molar refractivity (Wildman–Crippen MR) is 123 cm³/mol. The average Bonchev–Trinajstić information content (AvgIpc) is 2.61. The van der Waals surface area contributed by atoms with Crippen molar-refractivity contribution in [3.8, 4) is 5.75 Å². The van der Waals surface area contributed by atoms with Gasteiger partial charge in [-0.2, -0.15) is 0 Å². The Morgan fingerprint density at radius 3 is 1.56 bits per heavy atom. The molecule has 0 atom stereocenters. The van der Waals surface area contributed by atoms with Gasteiger partial charge in [-0.15, -0.1) is 6.12 Å². The van der Waals surface area contributed by atoms with E-state index < -0.39 is 6.12 Å². The summed E-state index contributed by atoms with van der Waals surface area (Å²) >= 11 is 9.80. The highest BCUT2D eigenvalue weighted by Gasteiger charge is 2.13. The van der Waals surface area contributed by atoms with Crippen LogP contribution in [0.1, 0.15) is 102 Å². The zero-order valence-electron chi connectivity index (χ0n) is 17.2. The van der Waals surface area contributed by atoms with Crippen LogP contribution in [0.25, 0.3) is 0 Å². The van der Waals surface area contributed by atoms with Crippen LogP contribution in [-0.4, -0.2) is 0 Å². The summed E-state index contributed by atoms with van der Waals surface area (Å²) in [5, 5.41) is 0. The van der Waals surface area contributed by atoms with Crippen LogP contribution in [-0.2, 0) is 37.3 Å². The molecule has 0 aromatic heterocycles. The van der Waals surface area contributed by atoms with Gasteiger partial charge in [0.15, 0.2) is 5.75 Å². The van der Waals surface area contributed by atoms with Crippen LogP contribution in [0.5, 0.6) is 5.75 Å². The Morgan fingerprint density at radius 1 is 0.741 bits per heavy atom. The molecule has 0 aliphatic heterocycles. The van der Waals surface area contributed by atoms with Gasteiger partial charge >= 0.3 is 0 Å². The Kier molecular flexibility index (Phi) is 14.0. The molecule has 5 heteroatoms. The maximum atomic E-state index is 12.0. The fraction of sp³-hybridized carbons (Fsp3) is 0.727. The maximum Gasteiger partial charge on any atom is 0.174 e. The van der Waals surface area contributed by atoms with E-state index in [0.29, 0.717) is 5.75 Å². The molecule has 0 radical (unpaired) electrons. The van der Waals surface area contributed by atoms with Gasteiger partial charge in [0, 0.05) is 0 Å². The lowest BCUT2D eigenvalue weighted by Gasteiger charge is -2.43. The van der Waals surface area contributed by atoms with Crippen LogP contribution in [0.3, 0.4) is 0 Å². The van der Waals surface area contributed by atoms with Crippen molar-refractivity contribution in [1.29, 1.82) is 0 Å². The summed E-state index contributed by atoms with van der Waals surface area (Å²) in [6.45, 7) is 4.47. The molecule has 0 N–H and O–H groups in total. The van der Waals surface area contributed by atoms with Crippen LogP contribution in [0, 0.1) is 0 Å². The maximum absolute atomic E-state index is 12.0. The van der Waals surface area contributed by atoms with Gasteiger partial charge in [-0.25, -0.2) is 0 Å². The Morgan fingerprint density at radius 2 is 1.15 bits per heavy atom. The molecule has 0 fully saturated rings. The van der Waals surface area contributed by atoms with Crippen molar-refractivity contribution >= 4 is 30.6 Å². The zero-order valence-corrected chi connectivity index (χ0v) is 19.7. The summed E-state index contributed by atoms with van der Waals surface area (Å²) in [5.74, 6) is 0.716. The second-order valence-corrected chi connectivity index (χ2v) is 12.1. The molecule has 27 heavy (non-hydrogen) atoms. The second-order valence-electron chi connectivity index (χ2n) is 7.48. The first kappa shape index (κ1) is 25.1. The first-order chi connectivity index (χ1) is 13.0. The summed E-state index contributed by atoms with van der Waals surface area (Å²) in [6, 6.07) is 6.24. The van der Waals surface area contributed by atoms with E-state index in [-0.39, 0.29) is 0 Å². The summed E-state index contributed by atoms with van der Waals surface area (Å²) < 4.78 is 5.64. The van der Waals surface area contributed by atoms with E-state index in [1.165, 1.54) is 64.2 Å². The zero-order chi connectivity index (χ0) is 20.0. The third-order valence-electron chi connectivity index (χ3n) is 4.98. The number of aryl methyl sites for hydroxylation is 2. The van der Waals surface area contributed by atoms with Crippen LogP contribution in [0.15, 0.2) is 18.2 Å². The molecule has 1 aromatic carbocycles. The summed E-state index contributed by atoms with van der Waals surface area (Å²) in [4.78, 5) is 12.0. The Bertz CT molecular complexity index is 469. The molecule has 1 aromatic rings. The molecule has 2 nitrogen and oxygen atoms in total. The number of rotatable bonds is 16. The van der Waals surface area contributed by atoms with Crippen molar-refractivity contribution in [3.05, 3.63) is 29.3 Å².